The van der Waals surface area contributed by atoms with Crippen LogP contribution >= 0.6 is 0 Å². The van der Waals surface area contributed by atoms with Crippen LogP contribution in [0.1, 0.15) is 29.8 Å². The molecule has 0 spiro atoms. The van der Waals surface area contributed by atoms with Crippen molar-refractivity contribution in [2.45, 2.75) is 26.9 Å². The molecule has 2 aromatic heterocycles. The fraction of sp³-hybridized carbons (Fsp3) is 0.214. The second kappa shape index (κ2) is 8.96. The van der Waals surface area contributed by atoms with Gasteiger partial charge in [-0.1, -0.05) is 68.4 Å². The van der Waals surface area contributed by atoms with Crippen molar-refractivity contribution in [3.63, 3.8) is 0 Å². The summed E-state index contributed by atoms with van der Waals surface area (Å²) < 4.78 is 4.34. The lowest BCUT2D eigenvalue weighted by molar-refractivity contribution is 0.0697. The SMILES string of the molecule is CC(C)Cn1c(=O)n(C)c(=O)c2c(-c3cccc(C(=O)O)c3)n(Cc3cccc4ccccc34)nc21. The Morgan fingerprint density at radius 3 is 2.47 bits per heavy atom. The minimum Gasteiger partial charge on any atom is -0.478 e. The van der Waals surface area contributed by atoms with Gasteiger partial charge in [0.1, 0.15) is 5.39 Å². The van der Waals surface area contributed by atoms with Gasteiger partial charge in [-0.05, 0) is 34.4 Å². The highest BCUT2D eigenvalue weighted by Gasteiger charge is 2.23. The summed E-state index contributed by atoms with van der Waals surface area (Å²) in [5, 5.41) is 16.8. The van der Waals surface area contributed by atoms with E-state index in [1.165, 1.54) is 23.7 Å². The third kappa shape index (κ3) is 3.90. The number of hydrogen-bond donors (Lipinski definition) is 1. The van der Waals surface area contributed by atoms with Crippen molar-refractivity contribution in [3.05, 3.63) is 98.7 Å². The standard InChI is InChI=1S/C28H26N4O4/c1-17(2)15-31-25-23(26(33)30(3)28(31)36)24(19-10-7-11-20(14-19)27(34)35)32(29-25)16-21-12-6-9-18-8-4-5-13-22(18)21/h4-14,17H,15-16H2,1-3H3,(H,34,35). The number of benzene rings is 3. The number of aromatic nitrogens is 4. The number of carbonyl (C=O) groups is 1. The van der Waals surface area contributed by atoms with Gasteiger partial charge in [0.05, 0.1) is 17.8 Å². The van der Waals surface area contributed by atoms with Crippen LogP contribution in [0.5, 0.6) is 0 Å². The molecule has 0 bridgehead atoms. The second-order valence-electron chi connectivity index (χ2n) is 9.38. The Bertz CT molecular complexity index is 1750. The summed E-state index contributed by atoms with van der Waals surface area (Å²) in [6.07, 6.45) is 0. The van der Waals surface area contributed by atoms with E-state index in [1.54, 1.807) is 16.8 Å². The molecule has 0 saturated heterocycles. The number of fused-ring (bicyclic) bond motifs is 2. The predicted molar refractivity (Wildman–Crippen MR) is 140 cm³/mol. The van der Waals surface area contributed by atoms with Gasteiger partial charge < -0.3 is 5.11 Å². The molecule has 2 heterocycles. The van der Waals surface area contributed by atoms with E-state index in [4.69, 9.17) is 5.10 Å². The highest BCUT2D eigenvalue weighted by atomic mass is 16.4. The maximum Gasteiger partial charge on any atom is 0.335 e. The molecule has 36 heavy (non-hydrogen) atoms. The normalized spacial score (nSPS) is 11.6. The Balaban J connectivity index is 1.86. The molecule has 0 radical (unpaired) electrons. The molecule has 0 aliphatic carbocycles. The number of rotatable bonds is 6. The highest BCUT2D eigenvalue weighted by molar-refractivity contribution is 5.94. The molecular weight excluding hydrogens is 456 g/mol. The van der Waals surface area contributed by atoms with Gasteiger partial charge in [0.15, 0.2) is 5.65 Å². The van der Waals surface area contributed by atoms with Crippen LogP contribution in [0.25, 0.3) is 33.1 Å². The number of nitrogens with zero attached hydrogens (tertiary/aromatic N) is 4. The van der Waals surface area contributed by atoms with E-state index in [9.17, 15) is 19.5 Å². The van der Waals surface area contributed by atoms with Crippen molar-refractivity contribution < 1.29 is 9.90 Å². The fourth-order valence-corrected chi connectivity index (χ4v) is 4.69. The smallest absolute Gasteiger partial charge is 0.335 e. The number of hydrogen-bond acceptors (Lipinski definition) is 4. The topological polar surface area (TPSA) is 99.1 Å². The predicted octanol–water partition coefficient (Wildman–Crippen LogP) is 4.12. The number of aromatic carboxylic acids is 1. The third-order valence-electron chi connectivity index (χ3n) is 6.36. The van der Waals surface area contributed by atoms with E-state index in [0.717, 1.165) is 20.9 Å². The molecule has 5 rings (SSSR count). The van der Waals surface area contributed by atoms with Crippen LogP contribution in [-0.4, -0.2) is 30.0 Å². The van der Waals surface area contributed by atoms with Crippen LogP contribution in [0.4, 0.5) is 0 Å². The molecule has 0 aliphatic heterocycles. The summed E-state index contributed by atoms with van der Waals surface area (Å²) in [5.41, 5.74) is 1.53. The zero-order valence-corrected chi connectivity index (χ0v) is 20.3. The number of carboxylic acid groups (broad SMARTS) is 1. The third-order valence-corrected chi connectivity index (χ3v) is 6.36. The average molecular weight is 483 g/mol. The largest absolute Gasteiger partial charge is 0.478 e. The minimum atomic E-state index is -1.06. The van der Waals surface area contributed by atoms with Gasteiger partial charge in [-0.2, -0.15) is 5.10 Å². The van der Waals surface area contributed by atoms with Crippen LogP contribution in [0, 0.1) is 5.92 Å². The summed E-state index contributed by atoms with van der Waals surface area (Å²) in [6.45, 7) is 4.71. The van der Waals surface area contributed by atoms with E-state index < -0.39 is 17.2 Å². The molecule has 0 amide bonds. The molecule has 5 aromatic rings. The maximum atomic E-state index is 13.5. The molecule has 0 atom stereocenters. The van der Waals surface area contributed by atoms with Gasteiger partial charge in [-0.15, -0.1) is 0 Å². The zero-order valence-electron chi connectivity index (χ0n) is 20.3. The molecule has 8 nitrogen and oxygen atoms in total. The van der Waals surface area contributed by atoms with Crippen molar-refractivity contribution in [2.75, 3.05) is 0 Å². The maximum absolute atomic E-state index is 13.5. The van der Waals surface area contributed by atoms with Crippen LogP contribution in [0.2, 0.25) is 0 Å². The second-order valence-corrected chi connectivity index (χ2v) is 9.38. The molecule has 1 N–H and O–H groups in total. The molecular formula is C28H26N4O4. The van der Waals surface area contributed by atoms with Gasteiger partial charge in [-0.25, -0.2) is 9.59 Å². The van der Waals surface area contributed by atoms with Gasteiger partial charge >= 0.3 is 11.7 Å². The number of carboxylic acids is 1. The lowest BCUT2D eigenvalue weighted by Crippen LogP contribution is -2.38. The Labute approximate surface area is 206 Å². The Kier molecular flexibility index (Phi) is 5.80. The average Bonchev–Trinajstić information content (AvgIpc) is 3.24. The molecule has 182 valence electrons. The van der Waals surface area contributed by atoms with Crippen molar-refractivity contribution in [3.8, 4) is 11.3 Å². The monoisotopic (exact) mass is 482 g/mol. The van der Waals surface area contributed by atoms with Crippen LogP contribution in [0.3, 0.4) is 0 Å². The van der Waals surface area contributed by atoms with Gasteiger partial charge in [-0.3, -0.25) is 18.6 Å². The van der Waals surface area contributed by atoms with Crippen LogP contribution in [-0.2, 0) is 20.1 Å². The van der Waals surface area contributed by atoms with Crippen molar-refractivity contribution in [2.24, 2.45) is 13.0 Å². The van der Waals surface area contributed by atoms with Gasteiger partial charge in [0, 0.05) is 19.2 Å². The van der Waals surface area contributed by atoms with E-state index in [1.807, 2.05) is 56.3 Å². The van der Waals surface area contributed by atoms with Crippen molar-refractivity contribution in [1.82, 2.24) is 18.9 Å². The first-order chi connectivity index (χ1) is 17.3. The Morgan fingerprint density at radius 1 is 1.00 bits per heavy atom. The lowest BCUT2D eigenvalue weighted by atomic mass is 10.0. The summed E-state index contributed by atoms with van der Waals surface area (Å²) in [4.78, 5) is 38.2. The van der Waals surface area contributed by atoms with E-state index in [-0.39, 0.29) is 11.5 Å². The molecule has 0 saturated carbocycles. The summed E-state index contributed by atoms with van der Waals surface area (Å²) in [5.74, 6) is -0.920. The van der Waals surface area contributed by atoms with E-state index >= 15 is 0 Å². The molecule has 0 aliphatic rings. The van der Waals surface area contributed by atoms with Gasteiger partial charge in [0.25, 0.3) is 5.56 Å². The van der Waals surface area contributed by atoms with E-state index in [0.29, 0.717) is 35.4 Å². The lowest BCUT2D eigenvalue weighted by Gasteiger charge is -2.11. The highest BCUT2D eigenvalue weighted by Crippen LogP contribution is 2.29. The van der Waals surface area contributed by atoms with Crippen molar-refractivity contribution >= 4 is 27.8 Å². The first kappa shape index (κ1) is 23.3. The van der Waals surface area contributed by atoms with Gasteiger partial charge in [0.2, 0.25) is 0 Å². The van der Waals surface area contributed by atoms with Crippen molar-refractivity contribution in [1.29, 1.82) is 0 Å². The molecule has 0 fully saturated rings. The minimum absolute atomic E-state index is 0.103. The van der Waals surface area contributed by atoms with E-state index in [2.05, 4.69) is 0 Å². The zero-order chi connectivity index (χ0) is 25.6. The first-order valence-corrected chi connectivity index (χ1v) is 11.8. The van der Waals surface area contributed by atoms with Crippen LogP contribution < -0.4 is 11.2 Å². The summed E-state index contributed by atoms with van der Waals surface area (Å²) in [6, 6.07) is 20.5. The quantitative estimate of drug-likeness (QED) is 0.393. The fourth-order valence-electron chi connectivity index (χ4n) is 4.69. The summed E-state index contributed by atoms with van der Waals surface area (Å²) >= 11 is 0. The summed E-state index contributed by atoms with van der Waals surface area (Å²) in [7, 11) is 1.46. The Hall–Kier alpha value is -4.46. The molecule has 0 unspecified atom stereocenters. The molecule has 3 aromatic carbocycles. The Morgan fingerprint density at radius 2 is 1.72 bits per heavy atom. The molecule has 8 heteroatoms. The van der Waals surface area contributed by atoms with Crippen LogP contribution in [0.15, 0.2) is 76.3 Å². The first-order valence-electron chi connectivity index (χ1n) is 11.8.